The predicted molar refractivity (Wildman–Crippen MR) is 120 cm³/mol. The van der Waals surface area contributed by atoms with Crippen LogP contribution in [0.3, 0.4) is 0 Å². The highest BCUT2D eigenvalue weighted by Gasteiger charge is 2.33. The second-order valence-electron chi connectivity index (χ2n) is 8.05. The first-order valence-corrected chi connectivity index (χ1v) is 10.9. The molecule has 0 aromatic heterocycles. The van der Waals surface area contributed by atoms with Gasteiger partial charge in [-0.2, -0.15) is 0 Å². The molecule has 0 fully saturated rings. The summed E-state index contributed by atoms with van der Waals surface area (Å²) in [5.41, 5.74) is 15.7. The van der Waals surface area contributed by atoms with Crippen molar-refractivity contribution in [2.75, 3.05) is 0 Å². The van der Waals surface area contributed by atoms with Crippen LogP contribution < -0.4 is 33.2 Å². The van der Waals surface area contributed by atoms with Gasteiger partial charge in [0.15, 0.2) is 0 Å². The molecule has 15 nitrogen and oxygen atoms in total. The van der Waals surface area contributed by atoms with Crippen molar-refractivity contribution in [3.63, 3.8) is 0 Å². The minimum Gasteiger partial charge on any atom is -0.481 e. The molecule has 0 aromatic rings. The highest BCUT2D eigenvalue weighted by Crippen LogP contribution is 2.10. The van der Waals surface area contributed by atoms with Crippen molar-refractivity contribution in [1.29, 1.82) is 0 Å². The number of carbonyl (C=O) groups is 7. The molecule has 0 spiro atoms. The van der Waals surface area contributed by atoms with E-state index in [1.54, 1.807) is 13.8 Å². The van der Waals surface area contributed by atoms with Gasteiger partial charge in [0.1, 0.15) is 18.1 Å². The van der Waals surface area contributed by atoms with Gasteiger partial charge in [-0.15, -0.1) is 0 Å². The van der Waals surface area contributed by atoms with E-state index in [-0.39, 0.29) is 25.7 Å². The normalized spacial score (nSPS) is 14.9. The second-order valence-corrected chi connectivity index (χ2v) is 8.05. The van der Waals surface area contributed by atoms with Crippen LogP contribution in [0.15, 0.2) is 0 Å². The maximum absolute atomic E-state index is 12.8. The van der Waals surface area contributed by atoms with Crippen molar-refractivity contribution in [2.24, 2.45) is 23.1 Å². The van der Waals surface area contributed by atoms with Gasteiger partial charge >= 0.3 is 11.9 Å². The van der Waals surface area contributed by atoms with Gasteiger partial charge in [0.05, 0.1) is 12.5 Å². The Bertz CT molecular complexity index is 819. The van der Waals surface area contributed by atoms with Crippen molar-refractivity contribution in [1.82, 2.24) is 16.0 Å². The Morgan fingerprint density at radius 3 is 1.74 bits per heavy atom. The summed E-state index contributed by atoms with van der Waals surface area (Å²) in [5.74, 6) is -7.66. The summed E-state index contributed by atoms with van der Waals surface area (Å²) in [6, 6.07) is -5.62. The molecule has 5 unspecified atom stereocenters. The molecule has 5 amide bonds. The number of primary amides is 2. The van der Waals surface area contributed by atoms with Crippen LogP contribution in [0.2, 0.25) is 0 Å². The van der Waals surface area contributed by atoms with E-state index in [1.807, 2.05) is 0 Å². The molecule has 0 saturated carbocycles. The van der Waals surface area contributed by atoms with Crippen LogP contribution in [0.5, 0.6) is 0 Å². The third-order valence-corrected chi connectivity index (χ3v) is 5.14. The molecular formula is C20H34N6O9. The van der Waals surface area contributed by atoms with E-state index in [4.69, 9.17) is 22.3 Å². The number of carbonyl (C=O) groups excluding carboxylic acids is 5. The predicted octanol–water partition coefficient (Wildman–Crippen LogP) is -3.10. The topological polar surface area (TPSA) is 274 Å². The number of rotatable bonds is 17. The third-order valence-electron chi connectivity index (χ3n) is 5.14. The number of nitrogens with two attached hydrogens (primary N) is 3. The summed E-state index contributed by atoms with van der Waals surface area (Å²) in [7, 11) is 0. The molecule has 0 aromatic carbocycles. The Morgan fingerprint density at radius 2 is 1.29 bits per heavy atom. The number of carboxylic acid groups (broad SMARTS) is 2. The zero-order chi connectivity index (χ0) is 27.3. The van der Waals surface area contributed by atoms with Gasteiger partial charge in [-0.3, -0.25) is 28.8 Å². The molecule has 0 aliphatic rings. The summed E-state index contributed by atoms with van der Waals surface area (Å²) < 4.78 is 0. The standard InChI is InChI=1S/C20H34N6O9/c1-3-9(2)16(19(33)24-11(20(34)35)5-7-14(23)28)26-18(32)12(8-15(29)30)25-17(31)10(21)4-6-13(22)27/h9-12,16H,3-8,21H2,1-2H3,(H2,22,27)(H2,23,28)(H,24,33)(H,25,31)(H,26,32)(H,29,30)(H,34,35). The smallest absolute Gasteiger partial charge is 0.326 e. The Morgan fingerprint density at radius 1 is 0.771 bits per heavy atom. The highest BCUT2D eigenvalue weighted by atomic mass is 16.4. The number of nitrogens with one attached hydrogen (secondary N) is 3. The number of amides is 5. The largest absolute Gasteiger partial charge is 0.481 e. The molecule has 11 N–H and O–H groups in total. The van der Waals surface area contributed by atoms with E-state index < -0.39 is 78.0 Å². The lowest BCUT2D eigenvalue weighted by Crippen LogP contribution is -2.59. The van der Waals surface area contributed by atoms with Crippen molar-refractivity contribution in [3.05, 3.63) is 0 Å². The summed E-state index contributed by atoms with van der Waals surface area (Å²) in [4.78, 5) is 82.4. The van der Waals surface area contributed by atoms with Crippen molar-refractivity contribution < 1.29 is 43.8 Å². The average Bonchev–Trinajstić information content (AvgIpc) is 2.76. The molecule has 0 heterocycles. The van der Waals surface area contributed by atoms with Crippen LogP contribution in [0.4, 0.5) is 0 Å². The van der Waals surface area contributed by atoms with Gasteiger partial charge in [0, 0.05) is 12.8 Å². The first-order chi connectivity index (χ1) is 16.2. The van der Waals surface area contributed by atoms with Gasteiger partial charge in [-0.1, -0.05) is 20.3 Å². The molecule has 5 atom stereocenters. The quantitative estimate of drug-likeness (QED) is 0.0991. The molecule has 35 heavy (non-hydrogen) atoms. The summed E-state index contributed by atoms with van der Waals surface area (Å²) in [6.45, 7) is 3.29. The van der Waals surface area contributed by atoms with Crippen LogP contribution in [0, 0.1) is 5.92 Å². The van der Waals surface area contributed by atoms with Crippen molar-refractivity contribution in [2.45, 2.75) is 76.5 Å². The monoisotopic (exact) mass is 502 g/mol. The van der Waals surface area contributed by atoms with Crippen LogP contribution in [0.25, 0.3) is 0 Å². The molecule has 0 aliphatic heterocycles. The third kappa shape index (κ3) is 12.3. The Balaban J connectivity index is 5.56. The summed E-state index contributed by atoms with van der Waals surface area (Å²) in [6.07, 6.45) is -1.40. The lowest BCUT2D eigenvalue weighted by Gasteiger charge is -2.27. The van der Waals surface area contributed by atoms with E-state index in [9.17, 15) is 38.7 Å². The van der Waals surface area contributed by atoms with E-state index in [1.165, 1.54) is 0 Å². The lowest BCUT2D eigenvalue weighted by atomic mass is 9.97. The number of hydrogen-bond donors (Lipinski definition) is 8. The first-order valence-electron chi connectivity index (χ1n) is 10.9. The average molecular weight is 503 g/mol. The maximum atomic E-state index is 12.8. The zero-order valence-corrected chi connectivity index (χ0v) is 19.6. The van der Waals surface area contributed by atoms with Gasteiger partial charge in [-0.25, -0.2) is 4.79 Å². The van der Waals surface area contributed by atoms with Gasteiger partial charge in [0.2, 0.25) is 29.5 Å². The Labute approximate surface area is 201 Å². The summed E-state index contributed by atoms with van der Waals surface area (Å²) in [5, 5.41) is 25.2. The molecule has 15 heteroatoms. The van der Waals surface area contributed by atoms with Crippen molar-refractivity contribution in [3.8, 4) is 0 Å². The van der Waals surface area contributed by atoms with E-state index in [0.717, 1.165) is 0 Å². The molecule has 0 bridgehead atoms. The van der Waals surface area contributed by atoms with Crippen LogP contribution in [-0.4, -0.2) is 75.9 Å². The first kappa shape index (κ1) is 31.2. The lowest BCUT2D eigenvalue weighted by molar-refractivity contribution is -0.144. The minimum absolute atomic E-state index is 0.137. The van der Waals surface area contributed by atoms with Gasteiger partial charge < -0.3 is 43.4 Å². The molecule has 198 valence electrons. The minimum atomic E-state index is -1.62. The van der Waals surface area contributed by atoms with Crippen LogP contribution in [-0.2, 0) is 33.6 Å². The second kappa shape index (κ2) is 15.2. The van der Waals surface area contributed by atoms with Crippen LogP contribution >= 0.6 is 0 Å². The fourth-order valence-corrected chi connectivity index (χ4v) is 2.85. The molecule has 0 aliphatic carbocycles. The van der Waals surface area contributed by atoms with Crippen LogP contribution in [0.1, 0.15) is 52.4 Å². The molecular weight excluding hydrogens is 468 g/mol. The maximum Gasteiger partial charge on any atom is 0.326 e. The number of carboxylic acids is 2. The van der Waals surface area contributed by atoms with E-state index >= 15 is 0 Å². The van der Waals surface area contributed by atoms with Crippen molar-refractivity contribution >= 4 is 41.5 Å². The fourth-order valence-electron chi connectivity index (χ4n) is 2.85. The highest BCUT2D eigenvalue weighted by molar-refractivity contribution is 5.95. The molecule has 0 saturated heterocycles. The van der Waals surface area contributed by atoms with E-state index in [0.29, 0.717) is 6.42 Å². The summed E-state index contributed by atoms with van der Waals surface area (Å²) >= 11 is 0. The Hall–Kier alpha value is -3.75. The fraction of sp³-hybridized carbons (Fsp3) is 0.650. The molecule has 0 radical (unpaired) electrons. The molecule has 0 rings (SSSR count). The van der Waals surface area contributed by atoms with Gasteiger partial charge in [-0.05, 0) is 18.8 Å². The van der Waals surface area contributed by atoms with E-state index in [2.05, 4.69) is 16.0 Å². The van der Waals surface area contributed by atoms with Gasteiger partial charge in [0.25, 0.3) is 0 Å². The number of hydrogen-bond acceptors (Lipinski definition) is 8. The number of aliphatic carboxylic acids is 2. The Kier molecular flexibility index (Phi) is 13.6. The SMILES string of the molecule is CCC(C)C(NC(=O)C(CC(=O)O)NC(=O)C(N)CCC(N)=O)C(=O)NC(CCC(N)=O)C(=O)O. The zero-order valence-electron chi connectivity index (χ0n) is 19.6.